The Labute approximate surface area is 122 Å². The highest BCUT2D eigenvalue weighted by molar-refractivity contribution is 7.99. The Kier molecular flexibility index (Phi) is 3.82. The van der Waals surface area contributed by atoms with Crippen molar-refractivity contribution in [2.24, 2.45) is 7.05 Å². The molecule has 0 unspecified atom stereocenters. The first kappa shape index (κ1) is 13.0. The lowest BCUT2D eigenvalue weighted by molar-refractivity contribution is 0.680. The molecule has 0 atom stereocenters. The van der Waals surface area contributed by atoms with Crippen LogP contribution in [0, 0.1) is 0 Å². The lowest BCUT2D eigenvalue weighted by Gasteiger charge is -2.11. The van der Waals surface area contributed by atoms with Crippen LogP contribution in [-0.2, 0) is 13.6 Å². The first-order valence-electron chi connectivity index (χ1n) is 6.40. The number of nitrogens with zero attached hydrogens (tertiary/aromatic N) is 2. The highest BCUT2D eigenvalue weighted by Crippen LogP contribution is 2.33. The maximum Gasteiger partial charge on any atom is 0.172 e. The monoisotopic (exact) mass is 293 g/mol. The Morgan fingerprint density at radius 3 is 3.00 bits per heavy atom. The van der Waals surface area contributed by atoms with Gasteiger partial charge in [0, 0.05) is 41.9 Å². The zero-order chi connectivity index (χ0) is 13.2. The molecule has 1 N–H and O–H groups in total. The van der Waals surface area contributed by atoms with E-state index >= 15 is 0 Å². The van der Waals surface area contributed by atoms with Crippen molar-refractivity contribution in [1.82, 2.24) is 14.9 Å². The van der Waals surface area contributed by atoms with Crippen LogP contribution in [0.3, 0.4) is 0 Å². The second-order valence-corrected chi connectivity index (χ2v) is 6.21. The number of nitrogens with one attached hydrogen (secondary N) is 1. The van der Waals surface area contributed by atoms with E-state index in [-0.39, 0.29) is 0 Å². The molecule has 5 heteroatoms. The largest absolute Gasteiger partial charge is 0.329 e. The SMILES string of the molecule is Cn1ccnc1Sc1cccc(Cl)c1CNC1CC1. The Balaban J connectivity index is 1.82. The first-order valence-corrected chi connectivity index (χ1v) is 7.59. The zero-order valence-electron chi connectivity index (χ0n) is 10.8. The number of benzene rings is 1. The van der Waals surface area contributed by atoms with Crippen molar-refractivity contribution in [3.8, 4) is 0 Å². The van der Waals surface area contributed by atoms with Crippen molar-refractivity contribution >= 4 is 23.4 Å². The van der Waals surface area contributed by atoms with Gasteiger partial charge in [0.1, 0.15) is 0 Å². The summed E-state index contributed by atoms with van der Waals surface area (Å²) in [5, 5.41) is 5.33. The molecule has 1 aliphatic rings. The van der Waals surface area contributed by atoms with Crippen LogP contribution in [0.15, 0.2) is 40.6 Å². The number of imidazole rings is 1. The summed E-state index contributed by atoms with van der Waals surface area (Å²) in [4.78, 5) is 5.53. The molecule has 1 heterocycles. The summed E-state index contributed by atoms with van der Waals surface area (Å²) >= 11 is 7.99. The van der Waals surface area contributed by atoms with Gasteiger partial charge in [0.2, 0.25) is 0 Å². The van der Waals surface area contributed by atoms with Crippen molar-refractivity contribution < 1.29 is 0 Å². The van der Waals surface area contributed by atoms with Gasteiger partial charge in [0.25, 0.3) is 0 Å². The average Bonchev–Trinajstić information content (AvgIpc) is 3.13. The van der Waals surface area contributed by atoms with Crippen molar-refractivity contribution in [3.63, 3.8) is 0 Å². The highest BCUT2D eigenvalue weighted by atomic mass is 35.5. The molecular formula is C14H16ClN3S. The second-order valence-electron chi connectivity index (χ2n) is 4.79. The molecule has 19 heavy (non-hydrogen) atoms. The molecule has 0 radical (unpaired) electrons. The van der Waals surface area contributed by atoms with Gasteiger partial charge in [-0.05, 0) is 30.5 Å². The summed E-state index contributed by atoms with van der Waals surface area (Å²) in [6, 6.07) is 6.74. The number of aromatic nitrogens is 2. The molecule has 3 nitrogen and oxygen atoms in total. The number of hydrogen-bond acceptors (Lipinski definition) is 3. The van der Waals surface area contributed by atoms with Gasteiger partial charge in [0.05, 0.1) is 0 Å². The van der Waals surface area contributed by atoms with Gasteiger partial charge in [-0.3, -0.25) is 0 Å². The number of halogens is 1. The summed E-state index contributed by atoms with van der Waals surface area (Å²) in [5.74, 6) is 0. The molecule has 3 rings (SSSR count). The van der Waals surface area contributed by atoms with Gasteiger partial charge in [-0.15, -0.1) is 0 Å². The minimum Gasteiger partial charge on any atom is -0.329 e. The number of hydrogen-bond donors (Lipinski definition) is 1. The molecule has 1 aromatic heterocycles. The molecule has 0 aliphatic heterocycles. The molecule has 0 saturated heterocycles. The third-order valence-electron chi connectivity index (χ3n) is 3.20. The number of aryl methyl sites for hydroxylation is 1. The summed E-state index contributed by atoms with van der Waals surface area (Å²) in [6.07, 6.45) is 6.34. The number of rotatable bonds is 5. The average molecular weight is 294 g/mol. The van der Waals surface area contributed by atoms with E-state index in [0.29, 0.717) is 6.04 Å². The van der Waals surface area contributed by atoms with Gasteiger partial charge >= 0.3 is 0 Å². The second kappa shape index (κ2) is 5.57. The first-order chi connectivity index (χ1) is 9.24. The molecule has 1 fully saturated rings. The van der Waals surface area contributed by atoms with E-state index in [9.17, 15) is 0 Å². The molecule has 2 aromatic rings. The summed E-state index contributed by atoms with van der Waals surface area (Å²) in [7, 11) is 2.00. The van der Waals surface area contributed by atoms with Gasteiger partial charge < -0.3 is 9.88 Å². The van der Waals surface area contributed by atoms with E-state index in [0.717, 1.165) is 16.7 Å². The normalized spacial score (nSPS) is 14.8. The summed E-state index contributed by atoms with van der Waals surface area (Å²) in [6.45, 7) is 0.830. The van der Waals surface area contributed by atoms with Crippen LogP contribution in [0.25, 0.3) is 0 Å². The molecule has 0 amide bonds. The molecule has 0 bridgehead atoms. The van der Waals surface area contributed by atoms with Crippen LogP contribution in [-0.4, -0.2) is 15.6 Å². The van der Waals surface area contributed by atoms with Crippen LogP contribution in [0.1, 0.15) is 18.4 Å². The van der Waals surface area contributed by atoms with Gasteiger partial charge in [-0.1, -0.05) is 29.4 Å². The van der Waals surface area contributed by atoms with Crippen LogP contribution < -0.4 is 5.32 Å². The Morgan fingerprint density at radius 1 is 1.47 bits per heavy atom. The van der Waals surface area contributed by atoms with Crippen molar-refractivity contribution in [2.45, 2.75) is 35.5 Å². The third-order valence-corrected chi connectivity index (χ3v) is 4.73. The minimum absolute atomic E-state index is 0.683. The fourth-order valence-corrected chi connectivity index (χ4v) is 3.15. The lowest BCUT2D eigenvalue weighted by atomic mass is 10.2. The molecule has 1 saturated carbocycles. The van der Waals surface area contributed by atoms with Crippen LogP contribution in [0.4, 0.5) is 0 Å². The van der Waals surface area contributed by atoms with Crippen LogP contribution in [0.2, 0.25) is 5.02 Å². The van der Waals surface area contributed by atoms with Crippen molar-refractivity contribution in [3.05, 3.63) is 41.2 Å². The predicted molar refractivity (Wildman–Crippen MR) is 78.6 cm³/mol. The molecule has 100 valence electrons. The van der Waals surface area contributed by atoms with E-state index in [4.69, 9.17) is 11.6 Å². The lowest BCUT2D eigenvalue weighted by Crippen LogP contribution is -2.16. The predicted octanol–water partition coefficient (Wildman–Crippen LogP) is 3.48. The van der Waals surface area contributed by atoms with Gasteiger partial charge in [-0.2, -0.15) is 0 Å². The van der Waals surface area contributed by atoms with Gasteiger partial charge in [-0.25, -0.2) is 4.98 Å². The van der Waals surface area contributed by atoms with E-state index in [1.807, 2.05) is 36.1 Å². The quantitative estimate of drug-likeness (QED) is 0.915. The highest BCUT2D eigenvalue weighted by Gasteiger charge is 2.21. The maximum atomic E-state index is 6.33. The zero-order valence-corrected chi connectivity index (χ0v) is 12.3. The molecule has 1 aromatic carbocycles. The Morgan fingerprint density at radius 2 is 2.32 bits per heavy atom. The van der Waals surface area contributed by atoms with E-state index in [2.05, 4.69) is 16.4 Å². The summed E-state index contributed by atoms with van der Waals surface area (Å²) < 4.78 is 2.02. The topological polar surface area (TPSA) is 29.9 Å². The third kappa shape index (κ3) is 3.14. The van der Waals surface area contributed by atoms with Crippen molar-refractivity contribution in [1.29, 1.82) is 0 Å². The summed E-state index contributed by atoms with van der Waals surface area (Å²) in [5.41, 5.74) is 1.17. The van der Waals surface area contributed by atoms with Crippen molar-refractivity contribution in [2.75, 3.05) is 0 Å². The Hall–Kier alpha value is -0.970. The fourth-order valence-electron chi connectivity index (χ4n) is 1.89. The smallest absolute Gasteiger partial charge is 0.172 e. The fraction of sp³-hybridized carbons (Fsp3) is 0.357. The molecule has 0 spiro atoms. The maximum absolute atomic E-state index is 6.33. The van der Waals surface area contributed by atoms with E-state index in [1.165, 1.54) is 23.3 Å². The van der Waals surface area contributed by atoms with Crippen LogP contribution >= 0.6 is 23.4 Å². The minimum atomic E-state index is 0.683. The standard InChI is InChI=1S/C14H16ClN3S/c1-18-8-7-16-14(18)19-13-4-2-3-12(15)11(13)9-17-10-5-6-10/h2-4,7-8,10,17H,5-6,9H2,1H3. The van der Waals surface area contributed by atoms with Crippen LogP contribution in [0.5, 0.6) is 0 Å². The van der Waals surface area contributed by atoms with Gasteiger partial charge in [0.15, 0.2) is 5.16 Å². The van der Waals surface area contributed by atoms with E-state index < -0.39 is 0 Å². The molecular weight excluding hydrogens is 278 g/mol. The van der Waals surface area contributed by atoms with E-state index in [1.54, 1.807) is 11.8 Å². The molecule has 1 aliphatic carbocycles. The Bertz CT molecular complexity index is 578.